The highest BCUT2D eigenvalue weighted by atomic mass is 32.1. The van der Waals surface area contributed by atoms with Crippen LogP contribution in [0.2, 0.25) is 0 Å². The Labute approximate surface area is 211 Å². The molecule has 1 saturated carbocycles. The van der Waals surface area contributed by atoms with E-state index in [-0.39, 0.29) is 0 Å². The number of ether oxygens (including phenoxy) is 1. The molecule has 3 aromatic heterocycles. The molecule has 34 heavy (non-hydrogen) atoms. The molecular weight excluding hydrogens is 462 g/mol. The van der Waals surface area contributed by atoms with Crippen molar-refractivity contribution in [3.8, 4) is 11.3 Å². The summed E-state index contributed by atoms with van der Waals surface area (Å²) < 4.78 is 7.52. The lowest BCUT2D eigenvalue weighted by molar-refractivity contribution is 0.118. The molecule has 3 aliphatic rings. The van der Waals surface area contributed by atoms with E-state index in [1.165, 1.54) is 67.4 Å². The molecule has 1 aliphatic carbocycles. The highest BCUT2D eigenvalue weighted by molar-refractivity contribution is 7.78. The first-order valence-electron chi connectivity index (χ1n) is 12.9. The van der Waals surface area contributed by atoms with Gasteiger partial charge in [0.2, 0.25) is 0 Å². The maximum Gasteiger partial charge on any atom is 0.150 e. The lowest BCUT2D eigenvalue weighted by Crippen LogP contribution is -2.39. The molecule has 3 fully saturated rings. The monoisotopic (exact) mass is 497 g/mol. The van der Waals surface area contributed by atoms with Crippen LogP contribution in [0.25, 0.3) is 22.3 Å². The van der Waals surface area contributed by atoms with Crippen LogP contribution in [0.4, 0.5) is 0 Å². The lowest BCUT2D eigenvalue weighted by atomic mass is 9.81. The van der Waals surface area contributed by atoms with E-state index in [9.17, 15) is 0 Å². The fraction of sp³-hybridized carbons (Fsp3) is 0.615. The molecule has 0 radical (unpaired) electrons. The molecule has 0 bridgehead atoms. The molecule has 182 valence electrons. The summed E-state index contributed by atoms with van der Waals surface area (Å²) in [5.74, 6) is 0.589. The van der Waals surface area contributed by atoms with Crippen molar-refractivity contribution in [3.63, 3.8) is 0 Å². The number of aromatic nitrogens is 3. The zero-order chi connectivity index (χ0) is 23.1. The van der Waals surface area contributed by atoms with Crippen LogP contribution in [0.15, 0.2) is 23.8 Å². The molecule has 2 aliphatic heterocycles. The van der Waals surface area contributed by atoms with Gasteiger partial charge in [-0.2, -0.15) is 0 Å². The molecule has 5 heterocycles. The van der Waals surface area contributed by atoms with Crippen LogP contribution in [0, 0.1) is 0 Å². The number of hydrogen-bond donors (Lipinski definition) is 1. The first-order chi connectivity index (χ1) is 16.7. The van der Waals surface area contributed by atoms with Crippen LogP contribution < -0.4 is 0 Å². The van der Waals surface area contributed by atoms with Crippen LogP contribution in [0.3, 0.4) is 0 Å². The average molecular weight is 498 g/mol. The Hall–Kier alpha value is -1.45. The van der Waals surface area contributed by atoms with Crippen molar-refractivity contribution in [1.82, 2.24) is 23.7 Å². The third kappa shape index (κ3) is 4.44. The Morgan fingerprint density at radius 3 is 2.76 bits per heavy atom. The first kappa shape index (κ1) is 23.0. The van der Waals surface area contributed by atoms with Gasteiger partial charge in [-0.3, -0.25) is 13.8 Å². The summed E-state index contributed by atoms with van der Waals surface area (Å²) in [5.41, 5.74) is 4.51. The first-order valence-corrected chi connectivity index (χ1v) is 14.1. The van der Waals surface area contributed by atoms with E-state index in [1.54, 1.807) is 11.3 Å². The Balaban J connectivity index is 1.22. The second-order valence-corrected chi connectivity index (χ2v) is 11.6. The summed E-state index contributed by atoms with van der Waals surface area (Å²) in [6.07, 6.45) is 12.8. The van der Waals surface area contributed by atoms with E-state index < -0.39 is 0 Å². The summed E-state index contributed by atoms with van der Waals surface area (Å²) in [6.45, 7) is 5.25. The summed E-state index contributed by atoms with van der Waals surface area (Å²) >= 11 is 6.47. The van der Waals surface area contributed by atoms with Crippen molar-refractivity contribution >= 4 is 35.2 Å². The van der Waals surface area contributed by atoms with E-state index in [4.69, 9.17) is 14.7 Å². The molecule has 3 aromatic rings. The van der Waals surface area contributed by atoms with Crippen LogP contribution in [-0.4, -0.2) is 69.7 Å². The Kier molecular flexibility index (Phi) is 6.69. The minimum Gasteiger partial charge on any atom is -0.380 e. The average Bonchev–Trinajstić information content (AvgIpc) is 3.52. The van der Waals surface area contributed by atoms with Crippen LogP contribution in [0.5, 0.6) is 0 Å². The topological polar surface area (TPSA) is 46.4 Å². The number of thiazole rings is 1. The molecule has 0 spiro atoms. The SMILES string of the molecule is CN1CCCC1c1nc(-c2cn(S)c3ncc([C@H]4CC[C@@H](N5CCCOCC5)CC4)cc23)cs1. The quantitative estimate of drug-likeness (QED) is 0.491. The van der Waals surface area contributed by atoms with Gasteiger partial charge >= 0.3 is 0 Å². The highest BCUT2D eigenvalue weighted by Crippen LogP contribution is 2.39. The Morgan fingerprint density at radius 1 is 1.06 bits per heavy atom. The summed E-state index contributed by atoms with van der Waals surface area (Å²) in [7, 11) is 2.21. The second-order valence-electron chi connectivity index (χ2n) is 10.2. The van der Waals surface area contributed by atoms with Gasteiger partial charge in [0.1, 0.15) is 10.7 Å². The van der Waals surface area contributed by atoms with Crippen molar-refractivity contribution in [2.24, 2.45) is 0 Å². The van der Waals surface area contributed by atoms with Gasteiger partial charge in [-0.1, -0.05) is 12.8 Å². The number of fused-ring (bicyclic) bond motifs is 1. The molecular formula is C26H35N5OS2. The summed E-state index contributed by atoms with van der Waals surface area (Å²) in [4.78, 5) is 15.0. The maximum atomic E-state index is 5.67. The van der Waals surface area contributed by atoms with Crippen molar-refractivity contribution in [2.75, 3.05) is 39.9 Å². The van der Waals surface area contributed by atoms with E-state index in [0.717, 1.165) is 43.2 Å². The van der Waals surface area contributed by atoms with Crippen molar-refractivity contribution in [2.45, 2.75) is 62.9 Å². The van der Waals surface area contributed by atoms with Crippen molar-refractivity contribution in [1.29, 1.82) is 0 Å². The molecule has 2 saturated heterocycles. The maximum absolute atomic E-state index is 5.67. The van der Waals surface area contributed by atoms with Gasteiger partial charge in [-0.15, -0.1) is 11.3 Å². The molecule has 6 rings (SSSR count). The van der Waals surface area contributed by atoms with Gasteiger partial charge in [-0.25, -0.2) is 9.97 Å². The molecule has 1 atom stereocenters. The van der Waals surface area contributed by atoms with Gasteiger partial charge in [0.25, 0.3) is 0 Å². The number of likely N-dealkylation sites (tertiary alicyclic amines) is 1. The van der Waals surface area contributed by atoms with Crippen LogP contribution >= 0.6 is 24.2 Å². The molecule has 8 heteroatoms. The van der Waals surface area contributed by atoms with E-state index in [2.05, 4.69) is 53.5 Å². The zero-order valence-corrected chi connectivity index (χ0v) is 21.7. The van der Waals surface area contributed by atoms with E-state index in [0.29, 0.717) is 18.0 Å². The summed E-state index contributed by atoms with van der Waals surface area (Å²) in [5, 5.41) is 4.62. The van der Waals surface area contributed by atoms with Gasteiger partial charge in [0, 0.05) is 54.5 Å². The normalized spacial score (nSPS) is 27.4. The van der Waals surface area contributed by atoms with Gasteiger partial charge in [0.05, 0.1) is 18.3 Å². The minimum atomic E-state index is 0.461. The second kappa shape index (κ2) is 9.90. The summed E-state index contributed by atoms with van der Waals surface area (Å²) in [6, 6.07) is 3.55. The third-order valence-corrected chi connectivity index (χ3v) is 9.44. The van der Waals surface area contributed by atoms with Gasteiger partial charge in [0.15, 0.2) is 0 Å². The predicted octanol–water partition coefficient (Wildman–Crippen LogP) is 5.37. The molecule has 0 amide bonds. The van der Waals surface area contributed by atoms with Crippen LogP contribution in [-0.2, 0) is 4.74 Å². The van der Waals surface area contributed by atoms with Gasteiger partial charge in [-0.05, 0) is 76.1 Å². The van der Waals surface area contributed by atoms with Crippen molar-refractivity contribution in [3.05, 3.63) is 34.4 Å². The molecule has 1 unspecified atom stereocenters. The predicted molar refractivity (Wildman–Crippen MR) is 142 cm³/mol. The number of nitrogens with zero attached hydrogens (tertiary/aromatic N) is 5. The van der Waals surface area contributed by atoms with E-state index in [1.807, 2.05) is 3.97 Å². The fourth-order valence-electron chi connectivity index (χ4n) is 6.23. The number of pyridine rings is 1. The van der Waals surface area contributed by atoms with Gasteiger partial charge < -0.3 is 4.74 Å². The zero-order valence-electron chi connectivity index (χ0n) is 20.0. The minimum absolute atomic E-state index is 0.461. The highest BCUT2D eigenvalue weighted by Gasteiger charge is 2.29. The Morgan fingerprint density at radius 2 is 1.94 bits per heavy atom. The standard InChI is InChI=1S/C26H35N5OS2/c1-29-9-2-4-24(29)26-28-23(17-34-26)22-16-31(33)25-21(22)14-19(15-27-25)18-5-7-20(8-6-18)30-10-3-12-32-13-11-30/h14-18,20,24,33H,2-13H2,1H3/t18-,20+,24?. The molecule has 6 nitrogen and oxygen atoms in total. The fourth-order valence-corrected chi connectivity index (χ4v) is 7.52. The number of rotatable bonds is 4. The van der Waals surface area contributed by atoms with E-state index >= 15 is 0 Å². The smallest absolute Gasteiger partial charge is 0.150 e. The molecule has 0 aromatic carbocycles. The largest absolute Gasteiger partial charge is 0.380 e. The Bertz CT molecular complexity index is 1130. The third-order valence-electron chi connectivity index (χ3n) is 8.19. The lowest BCUT2D eigenvalue weighted by Gasteiger charge is -2.36. The van der Waals surface area contributed by atoms with Crippen molar-refractivity contribution < 1.29 is 4.74 Å². The van der Waals surface area contributed by atoms with Crippen LogP contribution in [0.1, 0.15) is 67.5 Å². The molecule has 0 N–H and O–H groups in total. The number of thiol groups is 1. The number of hydrogen-bond acceptors (Lipinski definition) is 7.